The Kier molecular flexibility index (Phi) is 8.69. The summed E-state index contributed by atoms with van der Waals surface area (Å²) in [6, 6.07) is 5.74. The topological polar surface area (TPSA) is 38.7 Å². The third-order valence-electron chi connectivity index (χ3n) is 1.54. The van der Waals surface area contributed by atoms with Gasteiger partial charge < -0.3 is 0 Å². The van der Waals surface area contributed by atoms with Crippen molar-refractivity contribution in [2.45, 2.75) is 27.7 Å². The number of hydrogen-bond acceptors (Lipinski definition) is 3. The SMILES string of the molecule is CC.Cc1ccncc1.Cc1ncccn1. The van der Waals surface area contributed by atoms with Crippen molar-refractivity contribution in [3.8, 4) is 0 Å². The summed E-state index contributed by atoms with van der Waals surface area (Å²) in [5.74, 6) is 0.822. The fourth-order valence-corrected chi connectivity index (χ4v) is 0.800. The Hall–Kier alpha value is -1.77. The first-order valence-corrected chi connectivity index (χ1v) is 5.39. The van der Waals surface area contributed by atoms with E-state index in [2.05, 4.69) is 15.0 Å². The van der Waals surface area contributed by atoms with E-state index in [1.54, 1.807) is 30.9 Å². The second-order valence-corrected chi connectivity index (χ2v) is 2.82. The molecule has 0 radical (unpaired) electrons. The molecule has 0 saturated heterocycles. The zero-order chi connectivity index (χ0) is 12.2. The highest BCUT2D eigenvalue weighted by molar-refractivity contribution is 5.05. The smallest absolute Gasteiger partial charge is 0.125 e. The van der Waals surface area contributed by atoms with Crippen LogP contribution in [0.15, 0.2) is 43.0 Å². The minimum absolute atomic E-state index is 0.822. The lowest BCUT2D eigenvalue weighted by molar-refractivity contribution is 1.05. The quantitative estimate of drug-likeness (QED) is 0.680. The van der Waals surface area contributed by atoms with Gasteiger partial charge in [0, 0.05) is 24.8 Å². The van der Waals surface area contributed by atoms with Gasteiger partial charge in [0.25, 0.3) is 0 Å². The minimum Gasteiger partial charge on any atom is -0.265 e. The molecule has 2 heterocycles. The number of nitrogens with zero attached hydrogens (tertiary/aromatic N) is 3. The van der Waals surface area contributed by atoms with Gasteiger partial charge in [-0.05, 0) is 37.6 Å². The van der Waals surface area contributed by atoms with Crippen LogP contribution in [0.4, 0.5) is 0 Å². The van der Waals surface area contributed by atoms with Gasteiger partial charge in [0.05, 0.1) is 0 Å². The molecule has 0 unspecified atom stereocenters. The van der Waals surface area contributed by atoms with Crippen molar-refractivity contribution in [1.29, 1.82) is 0 Å². The van der Waals surface area contributed by atoms with E-state index < -0.39 is 0 Å². The van der Waals surface area contributed by atoms with Crippen molar-refractivity contribution in [3.05, 3.63) is 54.4 Å². The first kappa shape index (κ1) is 14.2. The lowest BCUT2D eigenvalue weighted by atomic mass is 10.3. The highest BCUT2D eigenvalue weighted by Gasteiger charge is 1.74. The molecule has 0 atom stereocenters. The standard InChI is InChI=1S/C6H7N.C5H6N2.C2H6/c1-6-2-4-7-5-3-6;1-5-6-3-2-4-7-5;1-2/h2-5H,1H3;2-4H,1H3;1-2H3. The number of aromatic nitrogens is 3. The van der Waals surface area contributed by atoms with E-state index in [1.807, 2.05) is 39.8 Å². The molecule has 0 aliphatic rings. The van der Waals surface area contributed by atoms with Crippen LogP contribution in [0.25, 0.3) is 0 Å². The molecule has 2 aromatic heterocycles. The average Bonchev–Trinajstić information content (AvgIpc) is 2.34. The Labute approximate surface area is 97.6 Å². The summed E-state index contributed by atoms with van der Waals surface area (Å²) >= 11 is 0. The summed E-state index contributed by atoms with van der Waals surface area (Å²) in [5, 5.41) is 0. The fraction of sp³-hybridized carbons (Fsp3) is 0.308. The fourth-order valence-electron chi connectivity index (χ4n) is 0.800. The van der Waals surface area contributed by atoms with E-state index in [0.29, 0.717) is 0 Å². The van der Waals surface area contributed by atoms with E-state index >= 15 is 0 Å². The summed E-state index contributed by atoms with van der Waals surface area (Å²) < 4.78 is 0. The zero-order valence-corrected chi connectivity index (χ0v) is 10.4. The van der Waals surface area contributed by atoms with Gasteiger partial charge >= 0.3 is 0 Å². The van der Waals surface area contributed by atoms with E-state index in [-0.39, 0.29) is 0 Å². The summed E-state index contributed by atoms with van der Waals surface area (Å²) in [7, 11) is 0. The normalized spacial score (nSPS) is 8.00. The molecule has 0 spiro atoms. The Morgan fingerprint density at radius 3 is 1.56 bits per heavy atom. The second-order valence-electron chi connectivity index (χ2n) is 2.82. The van der Waals surface area contributed by atoms with Crippen molar-refractivity contribution >= 4 is 0 Å². The van der Waals surface area contributed by atoms with Crippen LogP contribution >= 0.6 is 0 Å². The average molecular weight is 217 g/mol. The van der Waals surface area contributed by atoms with Crippen molar-refractivity contribution in [2.24, 2.45) is 0 Å². The molecular weight excluding hydrogens is 198 g/mol. The first-order valence-electron chi connectivity index (χ1n) is 5.39. The van der Waals surface area contributed by atoms with E-state index in [9.17, 15) is 0 Å². The molecule has 3 nitrogen and oxygen atoms in total. The van der Waals surface area contributed by atoms with Crippen LogP contribution in [0, 0.1) is 13.8 Å². The summed E-state index contributed by atoms with van der Waals surface area (Å²) in [6.07, 6.45) is 7.02. The van der Waals surface area contributed by atoms with Crippen LogP contribution in [0.3, 0.4) is 0 Å². The molecule has 0 fully saturated rings. The molecule has 2 rings (SSSR count). The van der Waals surface area contributed by atoms with Gasteiger partial charge in [0.15, 0.2) is 0 Å². The molecule has 16 heavy (non-hydrogen) atoms. The Morgan fingerprint density at radius 1 is 0.812 bits per heavy atom. The Morgan fingerprint density at radius 2 is 1.31 bits per heavy atom. The van der Waals surface area contributed by atoms with Crippen LogP contribution < -0.4 is 0 Å². The molecule has 0 N–H and O–H groups in total. The third-order valence-corrected chi connectivity index (χ3v) is 1.54. The molecule has 86 valence electrons. The van der Waals surface area contributed by atoms with E-state index in [1.165, 1.54) is 5.56 Å². The lowest BCUT2D eigenvalue weighted by Gasteiger charge is -1.82. The zero-order valence-electron chi connectivity index (χ0n) is 10.4. The molecule has 0 aliphatic heterocycles. The van der Waals surface area contributed by atoms with Crippen molar-refractivity contribution in [2.75, 3.05) is 0 Å². The third kappa shape index (κ3) is 7.62. The van der Waals surface area contributed by atoms with Crippen LogP contribution in [0.5, 0.6) is 0 Å². The summed E-state index contributed by atoms with van der Waals surface area (Å²) in [6.45, 7) is 7.90. The van der Waals surface area contributed by atoms with Gasteiger partial charge in [-0.25, -0.2) is 9.97 Å². The van der Waals surface area contributed by atoms with Crippen molar-refractivity contribution < 1.29 is 0 Å². The van der Waals surface area contributed by atoms with Crippen molar-refractivity contribution in [1.82, 2.24) is 15.0 Å². The summed E-state index contributed by atoms with van der Waals surface area (Å²) in [4.78, 5) is 11.6. The largest absolute Gasteiger partial charge is 0.265 e. The molecule has 0 aromatic carbocycles. The van der Waals surface area contributed by atoms with Crippen LogP contribution in [-0.4, -0.2) is 15.0 Å². The van der Waals surface area contributed by atoms with Gasteiger partial charge in [-0.15, -0.1) is 0 Å². The number of hydrogen-bond donors (Lipinski definition) is 0. The maximum atomic E-state index is 3.87. The Balaban J connectivity index is 0.000000244. The number of aryl methyl sites for hydroxylation is 2. The van der Waals surface area contributed by atoms with E-state index in [4.69, 9.17) is 0 Å². The minimum atomic E-state index is 0.822. The monoisotopic (exact) mass is 217 g/mol. The summed E-state index contributed by atoms with van der Waals surface area (Å²) in [5.41, 5.74) is 1.26. The highest BCUT2D eigenvalue weighted by atomic mass is 14.8. The maximum Gasteiger partial charge on any atom is 0.125 e. The number of rotatable bonds is 0. The Bertz CT molecular complexity index is 309. The molecule has 2 aromatic rings. The molecule has 0 bridgehead atoms. The molecule has 3 heteroatoms. The number of pyridine rings is 1. The molecule has 0 saturated carbocycles. The van der Waals surface area contributed by atoms with Gasteiger partial charge in [-0.1, -0.05) is 13.8 Å². The van der Waals surface area contributed by atoms with Crippen LogP contribution in [0.1, 0.15) is 25.2 Å². The van der Waals surface area contributed by atoms with Crippen molar-refractivity contribution in [3.63, 3.8) is 0 Å². The second kappa shape index (κ2) is 9.77. The van der Waals surface area contributed by atoms with Crippen LogP contribution in [-0.2, 0) is 0 Å². The van der Waals surface area contributed by atoms with Gasteiger partial charge in [0.2, 0.25) is 0 Å². The highest BCUT2D eigenvalue weighted by Crippen LogP contribution is 1.88. The van der Waals surface area contributed by atoms with Gasteiger partial charge in [0.1, 0.15) is 5.82 Å². The van der Waals surface area contributed by atoms with E-state index in [0.717, 1.165) is 5.82 Å². The molecule has 0 aliphatic carbocycles. The lowest BCUT2D eigenvalue weighted by Crippen LogP contribution is -1.80. The predicted molar refractivity (Wildman–Crippen MR) is 67.1 cm³/mol. The first-order chi connectivity index (χ1) is 7.79. The maximum absolute atomic E-state index is 3.87. The molecular formula is C13H19N3. The predicted octanol–water partition coefficient (Wildman–Crippen LogP) is 3.20. The molecule has 0 amide bonds. The van der Waals surface area contributed by atoms with Crippen LogP contribution in [0.2, 0.25) is 0 Å². The van der Waals surface area contributed by atoms with Gasteiger partial charge in [-0.3, -0.25) is 4.98 Å². The van der Waals surface area contributed by atoms with Gasteiger partial charge in [-0.2, -0.15) is 0 Å².